The number of nitrogens with one attached hydrogen (secondary N) is 2. The first-order valence-corrected chi connectivity index (χ1v) is 9.84. The lowest BCUT2D eigenvalue weighted by atomic mass is 10.1. The molecule has 1 heterocycles. The molecule has 1 aromatic heterocycles. The largest absolute Gasteiger partial charge is 0.343 e. The molecule has 0 spiro atoms. The third-order valence-electron chi connectivity index (χ3n) is 3.97. The van der Waals surface area contributed by atoms with Gasteiger partial charge in [-0.1, -0.05) is 43.8 Å². The van der Waals surface area contributed by atoms with Gasteiger partial charge in [0.2, 0.25) is 11.8 Å². The van der Waals surface area contributed by atoms with Gasteiger partial charge in [-0.3, -0.25) is 14.2 Å². The van der Waals surface area contributed by atoms with E-state index in [1.54, 1.807) is 7.05 Å². The van der Waals surface area contributed by atoms with Crippen molar-refractivity contribution in [3.63, 3.8) is 0 Å². The van der Waals surface area contributed by atoms with Crippen LogP contribution in [0, 0.1) is 0 Å². The molecular weight excluding hydrogens is 366 g/mol. The Morgan fingerprint density at radius 3 is 2.74 bits per heavy atom. The Labute approximate surface area is 162 Å². The number of carbonyl (C=O) groups is 2. The SMILES string of the molecule is CCCn1c(SCC(=O)N(C)CC(=O)Nc2ccccc2CC)n[nH]c1=O. The molecule has 146 valence electrons. The number of carbonyl (C=O) groups excluding carboxylic acids is 2. The van der Waals surface area contributed by atoms with E-state index in [1.165, 1.54) is 21.2 Å². The fourth-order valence-electron chi connectivity index (χ4n) is 2.51. The number of aromatic nitrogens is 3. The number of hydrogen-bond acceptors (Lipinski definition) is 5. The number of thioether (sulfide) groups is 1. The van der Waals surface area contributed by atoms with Gasteiger partial charge in [-0.25, -0.2) is 9.89 Å². The van der Waals surface area contributed by atoms with E-state index in [4.69, 9.17) is 0 Å². The highest BCUT2D eigenvalue weighted by molar-refractivity contribution is 7.99. The summed E-state index contributed by atoms with van der Waals surface area (Å²) in [6.45, 7) is 4.48. The first-order chi connectivity index (χ1) is 13.0. The van der Waals surface area contributed by atoms with Crippen LogP contribution in [0.2, 0.25) is 0 Å². The summed E-state index contributed by atoms with van der Waals surface area (Å²) in [6.07, 6.45) is 1.60. The lowest BCUT2D eigenvalue weighted by Gasteiger charge is -2.17. The predicted octanol–water partition coefficient (Wildman–Crippen LogP) is 1.73. The number of rotatable bonds is 9. The highest BCUT2D eigenvalue weighted by Gasteiger charge is 2.16. The molecule has 0 saturated carbocycles. The molecule has 0 atom stereocenters. The second-order valence-electron chi connectivity index (χ2n) is 6.06. The van der Waals surface area contributed by atoms with Crippen LogP contribution >= 0.6 is 11.8 Å². The maximum atomic E-state index is 12.3. The number of aryl methyl sites for hydroxylation is 1. The predicted molar refractivity (Wildman–Crippen MR) is 106 cm³/mol. The molecule has 2 N–H and O–H groups in total. The van der Waals surface area contributed by atoms with Gasteiger partial charge in [0.25, 0.3) is 0 Å². The zero-order chi connectivity index (χ0) is 19.8. The Kier molecular flexibility index (Phi) is 7.66. The van der Waals surface area contributed by atoms with Crippen molar-refractivity contribution < 1.29 is 9.59 Å². The molecule has 0 bridgehead atoms. The van der Waals surface area contributed by atoms with E-state index in [2.05, 4.69) is 15.5 Å². The standard InChI is InChI=1S/C18H25N5O3S/c1-4-10-23-17(26)20-21-18(23)27-12-16(25)22(3)11-15(24)19-14-9-7-6-8-13(14)5-2/h6-9H,4-5,10-12H2,1-3H3,(H,19,24)(H,20,26). The second-order valence-corrected chi connectivity index (χ2v) is 7.00. The van der Waals surface area contributed by atoms with E-state index in [1.807, 2.05) is 38.1 Å². The number of benzene rings is 1. The summed E-state index contributed by atoms with van der Waals surface area (Å²) in [4.78, 5) is 37.6. The van der Waals surface area contributed by atoms with Crippen LogP contribution in [0.15, 0.2) is 34.2 Å². The third kappa shape index (κ3) is 5.72. The van der Waals surface area contributed by atoms with Gasteiger partial charge >= 0.3 is 5.69 Å². The van der Waals surface area contributed by atoms with Crippen LogP contribution in [0.3, 0.4) is 0 Å². The normalized spacial score (nSPS) is 10.6. The number of anilines is 1. The number of nitrogens with zero attached hydrogens (tertiary/aromatic N) is 3. The summed E-state index contributed by atoms with van der Waals surface area (Å²) < 4.78 is 1.51. The third-order valence-corrected chi connectivity index (χ3v) is 4.94. The highest BCUT2D eigenvalue weighted by atomic mass is 32.2. The Morgan fingerprint density at radius 1 is 1.30 bits per heavy atom. The molecule has 9 heteroatoms. The minimum Gasteiger partial charge on any atom is -0.336 e. The van der Waals surface area contributed by atoms with Crippen molar-refractivity contribution in [2.45, 2.75) is 38.4 Å². The Morgan fingerprint density at radius 2 is 2.04 bits per heavy atom. The molecule has 0 unspecified atom stereocenters. The zero-order valence-corrected chi connectivity index (χ0v) is 16.6. The average Bonchev–Trinajstić information content (AvgIpc) is 3.00. The molecule has 8 nitrogen and oxygen atoms in total. The number of hydrogen-bond donors (Lipinski definition) is 2. The maximum Gasteiger partial charge on any atom is 0.343 e. The van der Waals surface area contributed by atoms with Crippen LogP contribution in [-0.4, -0.2) is 50.8 Å². The van der Waals surface area contributed by atoms with E-state index >= 15 is 0 Å². The molecule has 2 rings (SSSR count). The van der Waals surface area contributed by atoms with Crippen LogP contribution in [-0.2, 0) is 22.6 Å². The minimum absolute atomic E-state index is 0.0419. The van der Waals surface area contributed by atoms with Gasteiger partial charge in [0.15, 0.2) is 5.16 Å². The van der Waals surface area contributed by atoms with Crippen LogP contribution in [0.1, 0.15) is 25.8 Å². The fourth-order valence-corrected chi connectivity index (χ4v) is 3.43. The number of amides is 2. The molecule has 0 radical (unpaired) electrons. The van der Waals surface area contributed by atoms with Gasteiger partial charge in [-0.15, -0.1) is 5.10 Å². The van der Waals surface area contributed by atoms with Gasteiger partial charge in [-0.2, -0.15) is 0 Å². The molecular formula is C18H25N5O3S. The lowest BCUT2D eigenvalue weighted by molar-refractivity contribution is -0.131. The second kappa shape index (κ2) is 9.96. The molecule has 2 aromatic rings. The van der Waals surface area contributed by atoms with Gasteiger partial charge < -0.3 is 10.2 Å². The Balaban J connectivity index is 1.88. The summed E-state index contributed by atoms with van der Waals surface area (Å²) in [7, 11) is 1.58. The molecule has 0 aliphatic heterocycles. The highest BCUT2D eigenvalue weighted by Crippen LogP contribution is 2.16. The number of aromatic amines is 1. The molecule has 0 aliphatic carbocycles. The summed E-state index contributed by atoms with van der Waals surface area (Å²) in [5.41, 5.74) is 1.53. The molecule has 1 aromatic carbocycles. The van der Waals surface area contributed by atoms with Crippen molar-refractivity contribution in [2.24, 2.45) is 0 Å². The van der Waals surface area contributed by atoms with Gasteiger partial charge in [0.05, 0.1) is 12.3 Å². The topological polar surface area (TPSA) is 100 Å². The smallest absolute Gasteiger partial charge is 0.336 e. The summed E-state index contributed by atoms with van der Waals surface area (Å²) in [6, 6.07) is 7.59. The fraction of sp³-hybridized carbons (Fsp3) is 0.444. The first-order valence-electron chi connectivity index (χ1n) is 8.86. The summed E-state index contributed by atoms with van der Waals surface area (Å²) >= 11 is 1.18. The monoisotopic (exact) mass is 391 g/mol. The quantitative estimate of drug-likeness (QED) is 0.634. The van der Waals surface area contributed by atoms with Crippen molar-refractivity contribution in [3.8, 4) is 0 Å². The minimum atomic E-state index is -0.283. The molecule has 2 amide bonds. The van der Waals surface area contributed by atoms with E-state index in [0.29, 0.717) is 11.7 Å². The Bertz CT molecular complexity index is 846. The van der Waals surface area contributed by atoms with Gasteiger partial charge in [0, 0.05) is 19.3 Å². The first kappa shape index (κ1) is 20.8. The van der Waals surface area contributed by atoms with E-state index in [0.717, 1.165) is 24.1 Å². The van der Waals surface area contributed by atoms with Crippen molar-refractivity contribution >= 4 is 29.3 Å². The van der Waals surface area contributed by atoms with Crippen LogP contribution in [0.4, 0.5) is 5.69 Å². The zero-order valence-electron chi connectivity index (χ0n) is 15.8. The number of para-hydroxylation sites is 1. The van der Waals surface area contributed by atoms with Crippen LogP contribution in [0.5, 0.6) is 0 Å². The van der Waals surface area contributed by atoms with E-state index in [-0.39, 0.29) is 29.8 Å². The summed E-state index contributed by atoms with van der Waals surface area (Å²) in [5, 5.41) is 9.66. The van der Waals surface area contributed by atoms with Crippen LogP contribution in [0.25, 0.3) is 0 Å². The van der Waals surface area contributed by atoms with Crippen molar-refractivity contribution in [1.82, 2.24) is 19.7 Å². The lowest BCUT2D eigenvalue weighted by Crippen LogP contribution is -2.36. The molecule has 0 fully saturated rings. The van der Waals surface area contributed by atoms with Crippen molar-refractivity contribution in [1.29, 1.82) is 0 Å². The molecule has 27 heavy (non-hydrogen) atoms. The summed E-state index contributed by atoms with van der Waals surface area (Å²) in [5.74, 6) is -0.361. The Hall–Kier alpha value is -2.55. The van der Waals surface area contributed by atoms with Gasteiger partial charge in [0.1, 0.15) is 0 Å². The number of H-pyrrole nitrogens is 1. The van der Waals surface area contributed by atoms with Gasteiger partial charge in [-0.05, 0) is 24.5 Å². The molecule has 0 aliphatic rings. The van der Waals surface area contributed by atoms with Crippen molar-refractivity contribution in [2.75, 3.05) is 24.7 Å². The molecule has 0 saturated heterocycles. The van der Waals surface area contributed by atoms with E-state index < -0.39 is 0 Å². The maximum absolute atomic E-state index is 12.3. The number of likely N-dealkylation sites (N-methyl/N-ethyl adjacent to an activating group) is 1. The van der Waals surface area contributed by atoms with Crippen LogP contribution < -0.4 is 11.0 Å². The average molecular weight is 391 g/mol. The van der Waals surface area contributed by atoms with E-state index in [9.17, 15) is 14.4 Å². The van der Waals surface area contributed by atoms with Crippen molar-refractivity contribution in [3.05, 3.63) is 40.3 Å².